The monoisotopic (exact) mass is 440 g/mol. The topological polar surface area (TPSA) is 59.8 Å². The number of aryl methyl sites for hydroxylation is 2. The molecule has 9 heteroatoms. The minimum Gasteiger partial charge on any atom is -0.323 e. The molecule has 3 rings (SSSR count). The maximum Gasteiger partial charge on any atom is 0.234 e. The van der Waals surface area contributed by atoms with E-state index in [-0.39, 0.29) is 21.7 Å². The quantitative estimate of drug-likeness (QED) is 0.525. The van der Waals surface area contributed by atoms with Crippen LogP contribution in [0.25, 0.3) is 5.69 Å². The van der Waals surface area contributed by atoms with Gasteiger partial charge >= 0.3 is 0 Å². The van der Waals surface area contributed by atoms with Gasteiger partial charge in [-0.25, -0.2) is 0 Å². The summed E-state index contributed by atoms with van der Waals surface area (Å²) in [7, 11) is 0. The van der Waals surface area contributed by atoms with Gasteiger partial charge in [0.15, 0.2) is 5.16 Å². The van der Waals surface area contributed by atoms with Crippen LogP contribution in [0, 0.1) is 13.8 Å². The van der Waals surface area contributed by atoms with E-state index in [4.69, 9.17) is 34.8 Å². The Bertz CT molecular complexity index is 983. The maximum atomic E-state index is 12.3. The standard InChI is InChI=1S/C18H15Cl3N4OS/c1-10-4-3-5-13(6-10)25-11(2)23-24-18(25)27-9-16(26)22-17-14(20)7-12(19)8-15(17)21/h3-8H,9H2,1-2H3,(H,22,26). The van der Waals surface area contributed by atoms with Crippen LogP contribution in [0.4, 0.5) is 5.69 Å². The molecule has 0 saturated heterocycles. The Morgan fingerprint density at radius 3 is 2.48 bits per heavy atom. The van der Waals surface area contributed by atoms with Crippen LogP contribution in [-0.4, -0.2) is 26.4 Å². The molecule has 1 aromatic heterocycles. The van der Waals surface area contributed by atoms with Crippen LogP contribution in [-0.2, 0) is 4.79 Å². The van der Waals surface area contributed by atoms with Crippen molar-refractivity contribution >= 4 is 58.2 Å². The summed E-state index contributed by atoms with van der Waals surface area (Å²) in [5.74, 6) is 0.606. The fourth-order valence-electron chi connectivity index (χ4n) is 2.47. The van der Waals surface area contributed by atoms with Crippen LogP contribution in [0.15, 0.2) is 41.6 Å². The van der Waals surface area contributed by atoms with E-state index >= 15 is 0 Å². The fourth-order valence-corrected chi connectivity index (χ4v) is 4.18. The molecule has 5 nitrogen and oxygen atoms in total. The number of carbonyl (C=O) groups excluding carboxylic acids is 1. The first-order chi connectivity index (χ1) is 12.8. The zero-order valence-electron chi connectivity index (χ0n) is 14.5. The lowest BCUT2D eigenvalue weighted by atomic mass is 10.2. The molecule has 0 spiro atoms. The van der Waals surface area contributed by atoms with Gasteiger partial charge in [-0.1, -0.05) is 58.7 Å². The molecule has 140 valence electrons. The van der Waals surface area contributed by atoms with Crippen molar-refractivity contribution in [3.05, 3.63) is 62.9 Å². The Kier molecular flexibility index (Phi) is 6.32. The molecule has 0 radical (unpaired) electrons. The summed E-state index contributed by atoms with van der Waals surface area (Å²) < 4.78 is 1.91. The van der Waals surface area contributed by atoms with Gasteiger partial charge in [-0.3, -0.25) is 9.36 Å². The molecule has 0 fully saturated rings. The third-order valence-electron chi connectivity index (χ3n) is 3.66. The highest BCUT2D eigenvalue weighted by atomic mass is 35.5. The van der Waals surface area contributed by atoms with Gasteiger partial charge in [-0.15, -0.1) is 10.2 Å². The lowest BCUT2D eigenvalue weighted by molar-refractivity contribution is -0.113. The van der Waals surface area contributed by atoms with Crippen molar-refractivity contribution in [3.8, 4) is 5.69 Å². The zero-order chi connectivity index (χ0) is 19.6. The minimum absolute atomic E-state index is 0.124. The predicted molar refractivity (Wildman–Crippen MR) is 112 cm³/mol. The van der Waals surface area contributed by atoms with Crippen molar-refractivity contribution < 1.29 is 4.79 Å². The first-order valence-electron chi connectivity index (χ1n) is 7.91. The summed E-state index contributed by atoms with van der Waals surface area (Å²) in [6, 6.07) is 11.0. The molecular formula is C18H15Cl3N4OS. The molecule has 3 aromatic rings. The molecule has 27 heavy (non-hydrogen) atoms. The smallest absolute Gasteiger partial charge is 0.234 e. The van der Waals surface area contributed by atoms with Crippen molar-refractivity contribution in [2.75, 3.05) is 11.1 Å². The van der Waals surface area contributed by atoms with E-state index in [0.29, 0.717) is 15.9 Å². The van der Waals surface area contributed by atoms with Crippen LogP contribution in [0.2, 0.25) is 15.1 Å². The number of carbonyl (C=O) groups is 1. The lowest BCUT2D eigenvalue weighted by Gasteiger charge is -2.11. The van der Waals surface area contributed by atoms with Gasteiger partial charge in [-0.2, -0.15) is 0 Å². The van der Waals surface area contributed by atoms with Crippen LogP contribution >= 0.6 is 46.6 Å². The Hall–Kier alpha value is -1.73. The molecule has 1 N–H and O–H groups in total. The summed E-state index contributed by atoms with van der Waals surface area (Å²) in [4.78, 5) is 12.3. The average Bonchev–Trinajstić information content (AvgIpc) is 2.97. The number of hydrogen-bond donors (Lipinski definition) is 1. The second-order valence-electron chi connectivity index (χ2n) is 5.79. The maximum absolute atomic E-state index is 12.3. The molecule has 2 aromatic carbocycles. The largest absolute Gasteiger partial charge is 0.323 e. The van der Waals surface area contributed by atoms with Gasteiger partial charge in [0.25, 0.3) is 0 Å². The molecule has 0 aliphatic heterocycles. The third kappa shape index (κ3) is 4.76. The number of anilines is 1. The number of nitrogens with zero attached hydrogens (tertiary/aromatic N) is 3. The Morgan fingerprint density at radius 1 is 1.11 bits per heavy atom. The Balaban J connectivity index is 1.74. The number of thioether (sulfide) groups is 1. The summed E-state index contributed by atoms with van der Waals surface area (Å²) in [6.07, 6.45) is 0. The van der Waals surface area contributed by atoms with Gasteiger partial charge in [0.1, 0.15) is 5.82 Å². The fraction of sp³-hybridized carbons (Fsp3) is 0.167. The van der Waals surface area contributed by atoms with Gasteiger partial charge in [0.2, 0.25) is 5.91 Å². The SMILES string of the molecule is Cc1cccc(-n2c(C)nnc2SCC(=O)Nc2c(Cl)cc(Cl)cc2Cl)c1. The number of hydrogen-bond acceptors (Lipinski definition) is 4. The van der Waals surface area contributed by atoms with Crippen molar-refractivity contribution in [1.82, 2.24) is 14.8 Å². The number of benzene rings is 2. The molecule has 0 aliphatic rings. The molecule has 1 amide bonds. The van der Waals surface area contributed by atoms with Gasteiger partial charge < -0.3 is 5.32 Å². The summed E-state index contributed by atoms with van der Waals surface area (Å²) in [5.41, 5.74) is 2.41. The highest BCUT2D eigenvalue weighted by Gasteiger charge is 2.15. The van der Waals surface area contributed by atoms with Crippen LogP contribution in [0.1, 0.15) is 11.4 Å². The van der Waals surface area contributed by atoms with Crippen molar-refractivity contribution in [2.45, 2.75) is 19.0 Å². The van der Waals surface area contributed by atoms with Crippen molar-refractivity contribution in [1.29, 1.82) is 0 Å². The van der Waals surface area contributed by atoms with Crippen LogP contribution in [0.3, 0.4) is 0 Å². The van der Waals surface area contributed by atoms with Crippen LogP contribution in [0.5, 0.6) is 0 Å². The van der Waals surface area contributed by atoms with E-state index in [1.54, 1.807) is 0 Å². The second kappa shape index (κ2) is 8.52. The highest BCUT2D eigenvalue weighted by molar-refractivity contribution is 7.99. The van der Waals surface area contributed by atoms with Crippen molar-refractivity contribution in [3.63, 3.8) is 0 Å². The highest BCUT2D eigenvalue weighted by Crippen LogP contribution is 2.34. The zero-order valence-corrected chi connectivity index (χ0v) is 17.5. The second-order valence-corrected chi connectivity index (χ2v) is 7.98. The summed E-state index contributed by atoms with van der Waals surface area (Å²) >= 11 is 19.4. The van der Waals surface area contributed by atoms with Gasteiger partial charge in [0.05, 0.1) is 21.5 Å². The van der Waals surface area contributed by atoms with E-state index in [2.05, 4.69) is 15.5 Å². The van der Waals surface area contributed by atoms with E-state index in [1.165, 1.54) is 23.9 Å². The number of amides is 1. The number of aromatic nitrogens is 3. The van der Waals surface area contributed by atoms with Crippen molar-refractivity contribution in [2.24, 2.45) is 0 Å². The average molecular weight is 442 g/mol. The summed E-state index contributed by atoms with van der Waals surface area (Å²) in [6.45, 7) is 3.88. The first-order valence-corrected chi connectivity index (χ1v) is 10.0. The molecule has 0 saturated carbocycles. The molecule has 0 atom stereocenters. The molecule has 1 heterocycles. The third-order valence-corrected chi connectivity index (χ3v) is 5.40. The molecule has 0 unspecified atom stereocenters. The number of nitrogens with one attached hydrogen (secondary N) is 1. The van der Waals surface area contributed by atoms with E-state index in [9.17, 15) is 4.79 Å². The minimum atomic E-state index is -0.262. The number of halogens is 3. The predicted octanol–water partition coefficient (Wildman–Crippen LogP) is 5.58. The van der Waals surface area contributed by atoms with Crippen LogP contribution < -0.4 is 5.32 Å². The molecule has 0 bridgehead atoms. The molecule has 0 aliphatic carbocycles. The van der Waals surface area contributed by atoms with Gasteiger partial charge in [0, 0.05) is 10.7 Å². The lowest BCUT2D eigenvalue weighted by Crippen LogP contribution is -2.15. The van der Waals surface area contributed by atoms with E-state index in [0.717, 1.165) is 17.1 Å². The first kappa shape index (κ1) is 20.0. The Labute approximate surface area is 176 Å². The normalized spacial score (nSPS) is 10.9. The van der Waals surface area contributed by atoms with E-state index < -0.39 is 0 Å². The van der Waals surface area contributed by atoms with Gasteiger partial charge in [-0.05, 0) is 43.7 Å². The summed E-state index contributed by atoms with van der Waals surface area (Å²) in [5, 5.41) is 12.6. The Morgan fingerprint density at radius 2 is 1.81 bits per heavy atom. The van der Waals surface area contributed by atoms with E-state index in [1.807, 2.05) is 42.7 Å². The number of rotatable bonds is 5. The molecular weight excluding hydrogens is 427 g/mol.